The van der Waals surface area contributed by atoms with Gasteiger partial charge in [0, 0.05) is 0 Å². The fourth-order valence-electron chi connectivity index (χ4n) is 1.04. The number of benzene rings is 1. The van der Waals surface area contributed by atoms with E-state index < -0.39 is 5.82 Å². The van der Waals surface area contributed by atoms with E-state index in [4.69, 9.17) is 15.9 Å². The number of hydrogen-bond donors (Lipinski definition) is 2. The smallest absolute Gasteiger partial charge is 0.175 e. The Bertz CT molecular complexity index is 339. The highest BCUT2D eigenvalue weighted by atomic mass is 19.1. The molecule has 0 bridgehead atoms. The van der Waals surface area contributed by atoms with Gasteiger partial charge >= 0.3 is 0 Å². The lowest BCUT2D eigenvalue weighted by Crippen LogP contribution is -2.14. The Balaban J connectivity index is 2.95. The van der Waals surface area contributed by atoms with Crippen LogP contribution in [0.15, 0.2) is 18.2 Å². The first kappa shape index (κ1) is 10.5. The van der Waals surface area contributed by atoms with Gasteiger partial charge in [-0.05, 0) is 18.6 Å². The lowest BCUT2D eigenvalue weighted by Gasteiger charge is -2.08. The molecule has 76 valence electrons. The number of amidine groups is 1. The lowest BCUT2D eigenvalue weighted by molar-refractivity contribution is 0.301. The van der Waals surface area contributed by atoms with E-state index in [1.807, 2.05) is 6.92 Å². The van der Waals surface area contributed by atoms with Gasteiger partial charge in [0.2, 0.25) is 0 Å². The minimum atomic E-state index is -0.562. The summed E-state index contributed by atoms with van der Waals surface area (Å²) in [5, 5.41) is 7.13. The number of nitrogens with two attached hydrogens (primary N) is 1. The average Bonchev–Trinajstić information content (AvgIpc) is 2.16. The van der Waals surface area contributed by atoms with Crippen LogP contribution in [0.4, 0.5) is 4.39 Å². The van der Waals surface area contributed by atoms with Crippen LogP contribution >= 0.6 is 0 Å². The van der Waals surface area contributed by atoms with Gasteiger partial charge in [0.1, 0.15) is 5.84 Å². The fraction of sp³-hybridized carbons (Fsp3) is 0.300. The first-order chi connectivity index (χ1) is 6.66. The molecule has 0 aliphatic heterocycles. The van der Waals surface area contributed by atoms with E-state index in [9.17, 15) is 4.39 Å². The van der Waals surface area contributed by atoms with Gasteiger partial charge in [0.15, 0.2) is 11.6 Å². The summed E-state index contributed by atoms with van der Waals surface area (Å²) in [4.78, 5) is 0. The van der Waals surface area contributed by atoms with Crippen LogP contribution in [0, 0.1) is 11.2 Å². The Morgan fingerprint density at radius 1 is 1.57 bits per heavy atom. The zero-order valence-corrected chi connectivity index (χ0v) is 8.01. The Kier molecular flexibility index (Phi) is 3.45. The first-order valence-corrected chi connectivity index (χ1v) is 4.42. The van der Waals surface area contributed by atoms with Crippen molar-refractivity contribution >= 4 is 5.84 Å². The molecule has 1 aromatic rings. The van der Waals surface area contributed by atoms with Gasteiger partial charge in [-0.15, -0.1) is 0 Å². The Hall–Kier alpha value is -1.58. The molecular formula is C10H13FN2O. The van der Waals surface area contributed by atoms with Crippen molar-refractivity contribution in [1.82, 2.24) is 0 Å². The third kappa shape index (κ3) is 2.22. The van der Waals surface area contributed by atoms with Crippen LogP contribution in [-0.4, -0.2) is 12.4 Å². The molecule has 3 nitrogen and oxygen atoms in total. The minimum absolute atomic E-state index is 0.0820. The van der Waals surface area contributed by atoms with Gasteiger partial charge in [-0.25, -0.2) is 4.39 Å². The van der Waals surface area contributed by atoms with Crippen LogP contribution in [0.1, 0.15) is 18.9 Å². The number of nitrogens with one attached hydrogen (secondary N) is 1. The molecule has 0 unspecified atom stereocenters. The Morgan fingerprint density at radius 2 is 2.29 bits per heavy atom. The van der Waals surface area contributed by atoms with Crippen molar-refractivity contribution in [3.05, 3.63) is 29.6 Å². The molecule has 1 rings (SSSR count). The summed E-state index contributed by atoms with van der Waals surface area (Å²) in [5.74, 6) is -0.697. The molecule has 0 saturated heterocycles. The topological polar surface area (TPSA) is 59.1 Å². The molecular weight excluding hydrogens is 183 g/mol. The molecule has 0 fully saturated rings. The second kappa shape index (κ2) is 4.60. The van der Waals surface area contributed by atoms with Crippen molar-refractivity contribution in [2.75, 3.05) is 6.61 Å². The third-order valence-corrected chi connectivity index (χ3v) is 1.72. The van der Waals surface area contributed by atoms with Gasteiger partial charge < -0.3 is 10.5 Å². The molecule has 4 heteroatoms. The van der Waals surface area contributed by atoms with Crippen LogP contribution in [0.2, 0.25) is 0 Å². The van der Waals surface area contributed by atoms with E-state index in [0.717, 1.165) is 6.42 Å². The van der Waals surface area contributed by atoms with Crippen molar-refractivity contribution in [3.63, 3.8) is 0 Å². The van der Waals surface area contributed by atoms with Crippen LogP contribution in [-0.2, 0) is 0 Å². The van der Waals surface area contributed by atoms with Crippen molar-refractivity contribution in [2.24, 2.45) is 5.73 Å². The van der Waals surface area contributed by atoms with Crippen LogP contribution in [0.5, 0.6) is 5.75 Å². The lowest BCUT2D eigenvalue weighted by atomic mass is 10.2. The van der Waals surface area contributed by atoms with Crippen LogP contribution < -0.4 is 10.5 Å². The van der Waals surface area contributed by atoms with E-state index >= 15 is 0 Å². The molecule has 0 aliphatic rings. The number of rotatable bonds is 4. The SMILES string of the molecule is CCCOc1cccc(C(=N)N)c1F. The van der Waals surface area contributed by atoms with E-state index in [0.29, 0.717) is 6.61 Å². The summed E-state index contributed by atoms with van der Waals surface area (Å²) >= 11 is 0. The summed E-state index contributed by atoms with van der Waals surface area (Å²) < 4.78 is 18.7. The maximum absolute atomic E-state index is 13.5. The van der Waals surface area contributed by atoms with Crippen molar-refractivity contribution < 1.29 is 9.13 Å². The molecule has 0 aromatic heterocycles. The summed E-state index contributed by atoms with van der Waals surface area (Å²) in [6.45, 7) is 2.39. The molecule has 14 heavy (non-hydrogen) atoms. The third-order valence-electron chi connectivity index (χ3n) is 1.72. The monoisotopic (exact) mass is 196 g/mol. The largest absolute Gasteiger partial charge is 0.491 e. The molecule has 0 saturated carbocycles. The molecule has 0 spiro atoms. The number of ether oxygens (including phenoxy) is 1. The van der Waals surface area contributed by atoms with Crippen LogP contribution in [0.3, 0.4) is 0 Å². The zero-order chi connectivity index (χ0) is 10.6. The maximum atomic E-state index is 13.5. The summed E-state index contributed by atoms with van der Waals surface area (Å²) in [7, 11) is 0. The Labute approximate surface area is 82.2 Å². The zero-order valence-electron chi connectivity index (χ0n) is 8.01. The molecule has 0 amide bonds. The van der Waals surface area contributed by atoms with Crippen molar-refractivity contribution in [3.8, 4) is 5.75 Å². The minimum Gasteiger partial charge on any atom is -0.491 e. The van der Waals surface area contributed by atoms with E-state index in [1.165, 1.54) is 12.1 Å². The predicted molar refractivity (Wildman–Crippen MR) is 53.2 cm³/mol. The molecule has 0 atom stereocenters. The number of halogens is 1. The number of nitrogen functional groups attached to an aromatic ring is 1. The maximum Gasteiger partial charge on any atom is 0.175 e. The van der Waals surface area contributed by atoms with Gasteiger partial charge in [-0.1, -0.05) is 13.0 Å². The van der Waals surface area contributed by atoms with Gasteiger partial charge in [-0.2, -0.15) is 0 Å². The van der Waals surface area contributed by atoms with Crippen molar-refractivity contribution in [1.29, 1.82) is 5.41 Å². The summed E-state index contributed by atoms with van der Waals surface area (Å²) in [6.07, 6.45) is 0.809. The predicted octanol–water partition coefficient (Wildman–Crippen LogP) is 1.90. The van der Waals surface area contributed by atoms with Crippen LogP contribution in [0.25, 0.3) is 0 Å². The number of hydrogen-bond acceptors (Lipinski definition) is 2. The first-order valence-electron chi connectivity index (χ1n) is 4.42. The highest BCUT2D eigenvalue weighted by molar-refractivity contribution is 5.95. The molecule has 1 aromatic carbocycles. The molecule has 0 heterocycles. The average molecular weight is 196 g/mol. The second-order valence-electron chi connectivity index (χ2n) is 2.88. The van der Waals surface area contributed by atoms with Gasteiger partial charge in [0.05, 0.1) is 12.2 Å². The molecule has 3 N–H and O–H groups in total. The van der Waals surface area contributed by atoms with Crippen molar-refractivity contribution in [2.45, 2.75) is 13.3 Å². The van der Waals surface area contributed by atoms with E-state index in [1.54, 1.807) is 6.07 Å². The summed E-state index contributed by atoms with van der Waals surface area (Å²) in [6, 6.07) is 4.60. The standard InChI is InChI=1S/C10H13FN2O/c1-2-6-14-8-5-3-4-7(9(8)11)10(12)13/h3-5H,2,6H2,1H3,(H3,12,13). The van der Waals surface area contributed by atoms with E-state index in [2.05, 4.69) is 0 Å². The second-order valence-corrected chi connectivity index (χ2v) is 2.88. The fourth-order valence-corrected chi connectivity index (χ4v) is 1.04. The summed E-state index contributed by atoms with van der Waals surface area (Å²) in [5.41, 5.74) is 5.28. The van der Waals surface area contributed by atoms with Gasteiger partial charge in [0.25, 0.3) is 0 Å². The van der Waals surface area contributed by atoms with E-state index in [-0.39, 0.29) is 17.1 Å². The highest BCUT2D eigenvalue weighted by Crippen LogP contribution is 2.20. The normalized spacial score (nSPS) is 9.86. The van der Waals surface area contributed by atoms with Gasteiger partial charge in [-0.3, -0.25) is 5.41 Å². The molecule has 0 aliphatic carbocycles. The highest BCUT2D eigenvalue weighted by Gasteiger charge is 2.10. The quantitative estimate of drug-likeness (QED) is 0.570. The Morgan fingerprint density at radius 3 is 2.86 bits per heavy atom. The molecule has 0 radical (unpaired) electrons.